The summed E-state index contributed by atoms with van der Waals surface area (Å²) in [5.74, 6) is 0.0699. The van der Waals surface area contributed by atoms with Gasteiger partial charge in [0.2, 0.25) is 0 Å². The number of aromatic nitrogens is 2. The van der Waals surface area contributed by atoms with E-state index in [1.165, 1.54) is 19.3 Å². The third-order valence-corrected chi connectivity index (χ3v) is 4.51. The van der Waals surface area contributed by atoms with Crippen LogP contribution in [-0.2, 0) is 0 Å². The monoisotopic (exact) mass is 313 g/mol. The molecule has 2 aromatic rings. The minimum absolute atomic E-state index is 0.241. The fourth-order valence-electron chi connectivity index (χ4n) is 3.14. The maximum atomic E-state index is 12.2. The lowest BCUT2D eigenvalue weighted by Gasteiger charge is -2.26. The van der Waals surface area contributed by atoms with Gasteiger partial charge in [-0.15, -0.1) is 0 Å². The van der Waals surface area contributed by atoms with Crippen molar-refractivity contribution in [2.45, 2.75) is 38.2 Å². The van der Waals surface area contributed by atoms with E-state index < -0.39 is 6.10 Å². The van der Waals surface area contributed by atoms with Gasteiger partial charge < -0.3 is 10.4 Å². The zero-order chi connectivity index (χ0) is 16.1. The number of hydrogen-bond acceptors (Lipinski definition) is 3. The van der Waals surface area contributed by atoms with Crippen molar-refractivity contribution in [3.05, 3.63) is 48.3 Å². The summed E-state index contributed by atoms with van der Waals surface area (Å²) in [6.07, 6.45) is 7.03. The van der Waals surface area contributed by atoms with Gasteiger partial charge in [0.1, 0.15) is 0 Å². The standard InChI is InChI=1S/C18H23N3O2/c22-17(14-7-3-1-4-8-14)13-19-18(23)16-11-12-21(20-16)15-9-5-2-6-10-15/h2,5-6,9-12,14,17,22H,1,3-4,7-8,13H2,(H,19,23)/t17-/m0/s1. The second-order valence-corrected chi connectivity index (χ2v) is 6.16. The number of aliphatic hydroxyl groups is 1. The maximum absolute atomic E-state index is 12.2. The summed E-state index contributed by atoms with van der Waals surface area (Å²) in [6.45, 7) is 0.293. The fourth-order valence-corrected chi connectivity index (χ4v) is 3.14. The minimum atomic E-state index is -0.463. The number of aliphatic hydroxyl groups excluding tert-OH is 1. The van der Waals surface area contributed by atoms with Crippen molar-refractivity contribution in [2.24, 2.45) is 5.92 Å². The van der Waals surface area contributed by atoms with Crippen molar-refractivity contribution in [3.8, 4) is 5.69 Å². The Kier molecular flexibility index (Phi) is 5.08. The zero-order valence-electron chi connectivity index (χ0n) is 13.2. The average Bonchev–Trinajstić information content (AvgIpc) is 3.11. The summed E-state index contributed by atoms with van der Waals surface area (Å²) in [5, 5.41) is 17.3. The van der Waals surface area contributed by atoms with Gasteiger partial charge in [0.25, 0.3) is 5.91 Å². The maximum Gasteiger partial charge on any atom is 0.271 e. The van der Waals surface area contributed by atoms with Crippen molar-refractivity contribution in [1.29, 1.82) is 0 Å². The molecule has 5 heteroatoms. The number of rotatable bonds is 5. The van der Waals surface area contributed by atoms with E-state index in [0.29, 0.717) is 18.2 Å². The Bertz CT molecular complexity index is 633. The summed E-state index contributed by atoms with van der Waals surface area (Å²) >= 11 is 0. The third-order valence-electron chi connectivity index (χ3n) is 4.51. The van der Waals surface area contributed by atoms with Crippen molar-refractivity contribution >= 4 is 5.91 Å². The van der Waals surface area contributed by atoms with Crippen LogP contribution in [0.2, 0.25) is 0 Å². The first-order chi connectivity index (χ1) is 11.2. The van der Waals surface area contributed by atoms with Gasteiger partial charge in [-0.05, 0) is 37.0 Å². The third kappa shape index (κ3) is 3.99. The molecule has 5 nitrogen and oxygen atoms in total. The lowest BCUT2D eigenvalue weighted by molar-refractivity contribution is 0.0735. The van der Waals surface area contributed by atoms with Crippen molar-refractivity contribution in [1.82, 2.24) is 15.1 Å². The number of nitrogens with zero attached hydrogens (tertiary/aromatic N) is 2. The Labute approximate surface area is 136 Å². The average molecular weight is 313 g/mol. The van der Waals surface area contributed by atoms with E-state index in [1.54, 1.807) is 16.9 Å². The molecule has 1 fully saturated rings. The van der Waals surface area contributed by atoms with Crippen LogP contribution < -0.4 is 5.32 Å². The molecule has 122 valence electrons. The molecule has 1 amide bonds. The van der Waals surface area contributed by atoms with E-state index in [4.69, 9.17) is 0 Å². The lowest BCUT2D eigenvalue weighted by atomic mass is 9.85. The van der Waals surface area contributed by atoms with Crippen LogP contribution >= 0.6 is 0 Å². The van der Waals surface area contributed by atoms with E-state index in [-0.39, 0.29) is 5.91 Å². The van der Waals surface area contributed by atoms with Crippen LogP contribution in [0.4, 0.5) is 0 Å². The Morgan fingerprint density at radius 3 is 2.70 bits per heavy atom. The highest BCUT2D eigenvalue weighted by Crippen LogP contribution is 2.26. The van der Waals surface area contributed by atoms with Crippen LogP contribution in [-0.4, -0.2) is 33.4 Å². The van der Waals surface area contributed by atoms with Gasteiger partial charge in [0.15, 0.2) is 5.69 Å². The van der Waals surface area contributed by atoms with Crippen LogP contribution in [0.3, 0.4) is 0 Å². The SMILES string of the molecule is O=C(NC[C@H](O)C1CCCCC1)c1ccn(-c2ccccc2)n1. The molecule has 0 spiro atoms. The fraction of sp³-hybridized carbons (Fsp3) is 0.444. The smallest absolute Gasteiger partial charge is 0.271 e. The Hall–Kier alpha value is -2.14. The van der Waals surface area contributed by atoms with Crippen molar-refractivity contribution in [3.63, 3.8) is 0 Å². The van der Waals surface area contributed by atoms with E-state index >= 15 is 0 Å². The topological polar surface area (TPSA) is 67.2 Å². The number of para-hydroxylation sites is 1. The second-order valence-electron chi connectivity index (χ2n) is 6.16. The van der Waals surface area contributed by atoms with Crippen molar-refractivity contribution in [2.75, 3.05) is 6.54 Å². The van der Waals surface area contributed by atoms with Crippen LogP contribution in [0.25, 0.3) is 5.69 Å². The highest BCUT2D eigenvalue weighted by atomic mass is 16.3. The first-order valence-electron chi connectivity index (χ1n) is 8.31. The Morgan fingerprint density at radius 1 is 1.22 bits per heavy atom. The Morgan fingerprint density at radius 2 is 1.96 bits per heavy atom. The first kappa shape index (κ1) is 15.7. The molecule has 1 aliphatic rings. The number of hydrogen-bond donors (Lipinski definition) is 2. The molecule has 3 rings (SSSR count). The molecule has 1 aromatic heterocycles. The molecule has 0 bridgehead atoms. The number of amides is 1. The second kappa shape index (κ2) is 7.42. The van der Waals surface area contributed by atoms with Gasteiger partial charge in [-0.25, -0.2) is 4.68 Å². The van der Waals surface area contributed by atoms with Gasteiger partial charge in [-0.3, -0.25) is 4.79 Å². The number of nitrogens with one attached hydrogen (secondary N) is 1. The summed E-state index contributed by atoms with van der Waals surface area (Å²) in [5.41, 5.74) is 1.28. The van der Waals surface area contributed by atoms with E-state index in [1.807, 2.05) is 30.3 Å². The van der Waals surface area contributed by atoms with Crippen LogP contribution in [0, 0.1) is 5.92 Å². The quantitative estimate of drug-likeness (QED) is 0.891. The first-order valence-corrected chi connectivity index (χ1v) is 8.31. The van der Waals surface area contributed by atoms with Crippen LogP contribution in [0.15, 0.2) is 42.6 Å². The predicted octanol–water partition coefficient (Wildman–Crippen LogP) is 2.54. The molecular formula is C18H23N3O2. The van der Waals surface area contributed by atoms with Gasteiger partial charge in [-0.1, -0.05) is 37.5 Å². The molecule has 1 heterocycles. The van der Waals surface area contributed by atoms with E-state index in [2.05, 4.69) is 10.4 Å². The molecular weight excluding hydrogens is 290 g/mol. The van der Waals surface area contributed by atoms with Gasteiger partial charge >= 0.3 is 0 Å². The summed E-state index contributed by atoms with van der Waals surface area (Å²) in [6, 6.07) is 11.3. The normalized spacial score (nSPS) is 16.9. The molecule has 0 radical (unpaired) electrons. The minimum Gasteiger partial charge on any atom is -0.391 e. The number of carbonyl (C=O) groups is 1. The van der Waals surface area contributed by atoms with Crippen LogP contribution in [0.5, 0.6) is 0 Å². The molecule has 0 aliphatic heterocycles. The molecule has 2 N–H and O–H groups in total. The highest BCUT2D eigenvalue weighted by molar-refractivity contribution is 5.92. The van der Waals surface area contributed by atoms with Gasteiger partial charge in [0.05, 0.1) is 11.8 Å². The lowest BCUT2D eigenvalue weighted by Crippen LogP contribution is -2.37. The number of benzene rings is 1. The summed E-state index contributed by atoms with van der Waals surface area (Å²) in [4.78, 5) is 12.2. The zero-order valence-corrected chi connectivity index (χ0v) is 13.2. The Balaban J connectivity index is 1.55. The molecule has 1 aromatic carbocycles. The van der Waals surface area contributed by atoms with Crippen LogP contribution in [0.1, 0.15) is 42.6 Å². The molecule has 0 unspecified atom stereocenters. The molecule has 1 atom stereocenters. The van der Waals surface area contributed by atoms with Gasteiger partial charge in [0, 0.05) is 12.7 Å². The molecule has 23 heavy (non-hydrogen) atoms. The van der Waals surface area contributed by atoms with Gasteiger partial charge in [-0.2, -0.15) is 5.10 Å². The molecule has 1 aliphatic carbocycles. The predicted molar refractivity (Wildman–Crippen MR) is 88.5 cm³/mol. The highest BCUT2D eigenvalue weighted by Gasteiger charge is 2.22. The number of carbonyl (C=O) groups excluding carboxylic acids is 1. The summed E-state index contributed by atoms with van der Waals surface area (Å²) < 4.78 is 1.67. The molecule has 0 saturated heterocycles. The molecule has 1 saturated carbocycles. The largest absolute Gasteiger partial charge is 0.391 e. The summed E-state index contributed by atoms with van der Waals surface area (Å²) in [7, 11) is 0. The van der Waals surface area contributed by atoms with Crippen molar-refractivity contribution < 1.29 is 9.90 Å². The van der Waals surface area contributed by atoms with E-state index in [0.717, 1.165) is 18.5 Å². The van der Waals surface area contributed by atoms with E-state index in [9.17, 15) is 9.90 Å².